The Morgan fingerprint density at radius 3 is 2.74 bits per heavy atom. The first-order valence-corrected chi connectivity index (χ1v) is 7.13. The van der Waals surface area contributed by atoms with E-state index in [9.17, 15) is 0 Å². The number of methoxy groups -OCH3 is 1. The predicted octanol–water partition coefficient (Wildman–Crippen LogP) is 2.28. The molecule has 106 valence electrons. The van der Waals surface area contributed by atoms with E-state index in [0.717, 1.165) is 26.1 Å². The minimum atomic E-state index is 0.398. The van der Waals surface area contributed by atoms with Gasteiger partial charge in [0.2, 0.25) is 0 Å². The van der Waals surface area contributed by atoms with Crippen LogP contribution in [0.15, 0.2) is 18.2 Å². The summed E-state index contributed by atoms with van der Waals surface area (Å²) in [4.78, 5) is 2.49. The molecular weight excluding hydrogens is 236 g/mol. The second kappa shape index (κ2) is 6.51. The number of ether oxygens (including phenoxy) is 1. The lowest BCUT2D eigenvalue weighted by atomic mass is 10.0. The molecule has 0 amide bonds. The highest BCUT2D eigenvalue weighted by molar-refractivity contribution is 5.31. The highest BCUT2D eigenvalue weighted by Gasteiger charge is 2.24. The van der Waals surface area contributed by atoms with Gasteiger partial charge in [-0.3, -0.25) is 4.90 Å². The molecule has 1 aromatic carbocycles. The van der Waals surface area contributed by atoms with Crippen molar-refractivity contribution in [2.75, 3.05) is 33.8 Å². The maximum atomic E-state index is 5.44. The molecule has 1 saturated heterocycles. The fourth-order valence-electron chi connectivity index (χ4n) is 2.76. The van der Waals surface area contributed by atoms with Crippen molar-refractivity contribution in [2.24, 2.45) is 0 Å². The monoisotopic (exact) mass is 262 g/mol. The maximum absolute atomic E-state index is 5.44. The molecule has 0 spiro atoms. The van der Waals surface area contributed by atoms with Gasteiger partial charge in [0, 0.05) is 32.8 Å². The van der Waals surface area contributed by atoms with Gasteiger partial charge in [-0.05, 0) is 44.0 Å². The SMILES string of the molecule is CNC(CN1CCC(OC)C1)c1ccc(C)c(C)c1. The van der Waals surface area contributed by atoms with Gasteiger partial charge in [0.25, 0.3) is 0 Å². The van der Waals surface area contributed by atoms with E-state index in [1.54, 1.807) is 0 Å². The molecule has 0 aromatic heterocycles. The second-order valence-electron chi connectivity index (χ2n) is 5.59. The van der Waals surface area contributed by atoms with Gasteiger partial charge in [0.1, 0.15) is 0 Å². The normalized spacial score (nSPS) is 21.8. The van der Waals surface area contributed by atoms with Crippen LogP contribution in [0.4, 0.5) is 0 Å². The van der Waals surface area contributed by atoms with Crippen molar-refractivity contribution in [3.63, 3.8) is 0 Å². The average Bonchev–Trinajstić information content (AvgIpc) is 2.87. The number of likely N-dealkylation sites (tertiary alicyclic amines) is 1. The van der Waals surface area contributed by atoms with Gasteiger partial charge in [0.15, 0.2) is 0 Å². The Morgan fingerprint density at radius 2 is 2.16 bits per heavy atom. The number of hydrogen-bond acceptors (Lipinski definition) is 3. The first kappa shape index (κ1) is 14.5. The van der Waals surface area contributed by atoms with Gasteiger partial charge in [0.05, 0.1) is 6.10 Å². The maximum Gasteiger partial charge on any atom is 0.0710 e. The summed E-state index contributed by atoms with van der Waals surface area (Å²) >= 11 is 0. The summed E-state index contributed by atoms with van der Waals surface area (Å²) in [7, 11) is 3.86. The third-order valence-electron chi connectivity index (χ3n) is 4.29. The van der Waals surface area contributed by atoms with Crippen molar-refractivity contribution in [1.82, 2.24) is 10.2 Å². The number of likely N-dealkylation sites (N-methyl/N-ethyl adjacent to an activating group) is 1. The Morgan fingerprint density at radius 1 is 1.37 bits per heavy atom. The topological polar surface area (TPSA) is 24.5 Å². The highest BCUT2D eigenvalue weighted by Crippen LogP contribution is 2.20. The molecule has 0 bridgehead atoms. The lowest BCUT2D eigenvalue weighted by molar-refractivity contribution is 0.107. The predicted molar refractivity (Wildman–Crippen MR) is 79.6 cm³/mol. The van der Waals surface area contributed by atoms with Crippen molar-refractivity contribution in [3.05, 3.63) is 34.9 Å². The summed E-state index contributed by atoms with van der Waals surface area (Å²) in [5.74, 6) is 0. The van der Waals surface area contributed by atoms with Gasteiger partial charge in [-0.1, -0.05) is 18.2 Å². The van der Waals surface area contributed by atoms with E-state index in [2.05, 4.69) is 42.3 Å². The summed E-state index contributed by atoms with van der Waals surface area (Å²) in [6.45, 7) is 7.60. The molecule has 0 saturated carbocycles. The minimum Gasteiger partial charge on any atom is -0.380 e. The summed E-state index contributed by atoms with van der Waals surface area (Å²) in [5.41, 5.74) is 4.11. The van der Waals surface area contributed by atoms with Crippen LogP contribution in [0, 0.1) is 13.8 Å². The van der Waals surface area contributed by atoms with Gasteiger partial charge in [-0.25, -0.2) is 0 Å². The Kier molecular flexibility index (Phi) is 4.97. The van der Waals surface area contributed by atoms with Crippen LogP contribution in [-0.4, -0.2) is 44.8 Å². The summed E-state index contributed by atoms with van der Waals surface area (Å²) in [6.07, 6.45) is 1.57. The number of benzene rings is 1. The minimum absolute atomic E-state index is 0.398. The van der Waals surface area contributed by atoms with Crippen LogP contribution < -0.4 is 5.32 Å². The molecule has 19 heavy (non-hydrogen) atoms. The Labute approximate surface area is 116 Å². The van der Waals surface area contributed by atoms with E-state index < -0.39 is 0 Å². The summed E-state index contributed by atoms with van der Waals surface area (Å²) in [5, 5.41) is 3.44. The first-order valence-electron chi connectivity index (χ1n) is 7.13. The molecular formula is C16H26N2O. The standard InChI is InChI=1S/C16H26N2O/c1-12-5-6-14(9-13(12)2)16(17-3)11-18-8-7-15(10-18)19-4/h5-6,9,15-17H,7-8,10-11H2,1-4H3. The molecule has 1 fully saturated rings. The van der Waals surface area contributed by atoms with Crippen LogP contribution in [0.25, 0.3) is 0 Å². The van der Waals surface area contributed by atoms with Crippen LogP contribution in [0.2, 0.25) is 0 Å². The number of hydrogen-bond donors (Lipinski definition) is 1. The lowest BCUT2D eigenvalue weighted by Gasteiger charge is -2.24. The summed E-state index contributed by atoms with van der Waals surface area (Å²) < 4.78 is 5.44. The van der Waals surface area contributed by atoms with Gasteiger partial charge >= 0.3 is 0 Å². The molecule has 3 heteroatoms. The molecule has 1 aromatic rings. The van der Waals surface area contributed by atoms with Gasteiger partial charge in [-0.15, -0.1) is 0 Å². The number of nitrogens with one attached hydrogen (secondary N) is 1. The van der Waals surface area contributed by atoms with Crippen LogP contribution in [0.3, 0.4) is 0 Å². The van der Waals surface area contributed by atoms with Crippen molar-refractivity contribution in [1.29, 1.82) is 0 Å². The molecule has 3 nitrogen and oxygen atoms in total. The third-order valence-corrected chi connectivity index (χ3v) is 4.29. The van der Waals surface area contributed by atoms with Crippen LogP contribution >= 0.6 is 0 Å². The molecule has 1 N–H and O–H groups in total. The molecule has 1 heterocycles. The molecule has 0 aliphatic carbocycles. The van der Waals surface area contributed by atoms with E-state index in [1.807, 2.05) is 14.2 Å². The van der Waals surface area contributed by atoms with E-state index >= 15 is 0 Å². The van der Waals surface area contributed by atoms with E-state index in [0.29, 0.717) is 12.1 Å². The first-order chi connectivity index (χ1) is 9.13. The van der Waals surface area contributed by atoms with E-state index in [4.69, 9.17) is 4.74 Å². The second-order valence-corrected chi connectivity index (χ2v) is 5.59. The quantitative estimate of drug-likeness (QED) is 0.881. The number of rotatable bonds is 5. The van der Waals surface area contributed by atoms with E-state index in [1.165, 1.54) is 16.7 Å². The third kappa shape index (κ3) is 3.56. The van der Waals surface area contributed by atoms with Crippen LogP contribution in [0.1, 0.15) is 29.2 Å². The Hall–Kier alpha value is -0.900. The van der Waals surface area contributed by atoms with Crippen LogP contribution in [-0.2, 0) is 4.74 Å². The van der Waals surface area contributed by atoms with Gasteiger partial charge in [-0.2, -0.15) is 0 Å². The molecule has 2 atom stereocenters. The highest BCUT2D eigenvalue weighted by atomic mass is 16.5. The Balaban J connectivity index is 2.01. The molecule has 2 unspecified atom stereocenters. The number of aryl methyl sites for hydroxylation is 2. The summed E-state index contributed by atoms with van der Waals surface area (Å²) in [6, 6.07) is 7.17. The van der Waals surface area contributed by atoms with E-state index in [-0.39, 0.29) is 0 Å². The smallest absolute Gasteiger partial charge is 0.0710 e. The lowest BCUT2D eigenvalue weighted by Crippen LogP contribution is -2.33. The van der Waals surface area contributed by atoms with Crippen LogP contribution in [0.5, 0.6) is 0 Å². The molecule has 0 radical (unpaired) electrons. The van der Waals surface area contributed by atoms with Gasteiger partial charge < -0.3 is 10.1 Å². The zero-order valence-corrected chi connectivity index (χ0v) is 12.6. The fourth-order valence-corrected chi connectivity index (χ4v) is 2.76. The zero-order chi connectivity index (χ0) is 13.8. The van der Waals surface area contributed by atoms with Crippen molar-refractivity contribution in [3.8, 4) is 0 Å². The van der Waals surface area contributed by atoms with Crippen molar-refractivity contribution in [2.45, 2.75) is 32.4 Å². The zero-order valence-electron chi connectivity index (χ0n) is 12.6. The number of nitrogens with zero attached hydrogens (tertiary/aromatic N) is 1. The fraction of sp³-hybridized carbons (Fsp3) is 0.625. The molecule has 1 aliphatic heterocycles. The Bertz CT molecular complexity index is 419. The largest absolute Gasteiger partial charge is 0.380 e. The average molecular weight is 262 g/mol. The van der Waals surface area contributed by atoms with Crippen molar-refractivity contribution < 1.29 is 4.74 Å². The van der Waals surface area contributed by atoms with Crippen molar-refractivity contribution >= 4 is 0 Å². The molecule has 2 rings (SSSR count). The molecule has 1 aliphatic rings.